The van der Waals surface area contributed by atoms with Crippen LogP contribution in [0.25, 0.3) is 0 Å². The smallest absolute Gasteiger partial charge is 0.231 e. The molecule has 7 heteroatoms. The fourth-order valence-corrected chi connectivity index (χ4v) is 2.64. The maximum Gasteiger partial charge on any atom is 0.231 e. The van der Waals surface area contributed by atoms with Crippen molar-refractivity contribution in [1.29, 1.82) is 0 Å². The molecule has 0 N–H and O–H groups in total. The first-order chi connectivity index (χ1) is 11.5. The minimum absolute atomic E-state index is 0.246. The molecule has 1 aliphatic heterocycles. The van der Waals surface area contributed by atoms with E-state index in [0.717, 1.165) is 11.3 Å². The van der Waals surface area contributed by atoms with Crippen molar-refractivity contribution in [3.8, 4) is 11.5 Å². The average molecular weight is 364 g/mol. The number of rotatable bonds is 4. The van der Waals surface area contributed by atoms with E-state index >= 15 is 0 Å². The van der Waals surface area contributed by atoms with Gasteiger partial charge in [-0.25, -0.2) is 4.99 Å². The molecule has 0 saturated carbocycles. The van der Waals surface area contributed by atoms with Crippen molar-refractivity contribution in [3.05, 3.63) is 45.9 Å². The Bertz CT molecular complexity index is 796. The van der Waals surface area contributed by atoms with E-state index in [4.69, 9.17) is 32.7 Å². The van der Waals surface area contributed by atoms with Crippen LogP contribution in [-0.2, 0) is 0 Å². The van der Waals surface area contributed by atoms with Crippen LogP contribution < -0.4 is 9.47 Å². The van der Waals surface area contributed by atoms with Crippen LogP contribution >= 0.6 is 23.2 Å². The second-order valence-corrected chi connectivity index (χ2v) is 6.15. The Balaban J connectivity index is 1.83. The molecule has 0 saturated heterocycles. The largest absolute Gasteiger partial charge is 0.454 e. The van der Waals surface area contributed by atoms with Gasteiger partial charge in [-0.1, -0.05) is 23.2 Å². The molecule has 2 aromatic rings. The van der Waals surface area contributed by atoms with Gasteiger partial charge in [0.1, 0.15) is 5.69 Å². The summed E-state index contributed by atoms with van der Waals surface area (Å²) in [6, 6.07) is 9.06. The molecule has 0 unspecified atom stereocenters. The minimum atomic E-state index is 0.246. The Morgan fingerprint density at radius 2 is 1.71 bits per heavy atom. The van der Waals surface area contributed by atoms with Crippen LogP contribution in [0.1, 0.15) is 5.56 Å². The summed E-state index contributed by atoms with van der Waals surface area (Å²) in [6.07, 6.45) is 3.36. The zero-order valence-electron chi connectivity index (χ0n) is 13.2. The first kappa shape index (κ1) is 16.6. The van der Waals surface area contributed by atoms with E-state index in [2.05, 4.69) is 9.98 Å². The number of aliphatic imine (C=N–C) groups is 2. The highest BCUT2D eigenvalue weighted by Gasteiger charge is 2.12. The van der Waals surface area contributed by atoms with E-state index in [1.807, 2.05) is 32.3 Å². The summed E-state index contributed by atoms with van der Waals surface area (Å²) < 4.78 is 10.6. The first-order valence-electron chi connectivity index (χ1n) is 7.16. The standard InChI is InChI=1S/C17H15Cl2N3O2/c1-22(2)9-21-17-13(18)6-12(7-14(17)19)20-8-11-3-4-15-16(5-11)24-10-23-15/h3-9H,10H2,1-2H3/b20-8+,21-9-. The van der Waals surface area contributed by atoms with Gasteiger partial charge in [0, 0.05) is 20.3 Å². The van der Waals surface area contributed by atoms with E-state index < -0.39 is 0 Å². The molecule has 24 heavy (non-hydrogen) atoms. The highest BCUT2D eigenvalue weighted by molar-refractivity contribution is 6.39. The molecular formula is C17H15Cl2N3O2. The lowest BCUT2D eigenvalue weighted by atomic mass is 10.2. The van der Waals surface area contributed by atoms with Gasteiger partial charge in [0.05, 0.1) is 22.1 Å². The van der Waals surface area contributed by atoms with Crippen molar-refractivity contribution >= 4 is 47.1 Å². The lowest BCUT2D eigenvalue weighted by Crippen LogP contribution is -2.07. The van der Waals surface area contributed by atoms with E-state index in [0.29, 0.717) is 27.2 Å². The van der Waals surface area contributed by atoms with Crippen LogP contribution in [-0.4, -0.2) is 38.3 Å². The Labute approximate surface area is 150 Å². The molecule has 2 aromatic carbocycles. The van der Waals surface area contributed by atoms with Crippen molar-refractivity contribution < 1.29 is 9.47 Å². The number of hydrogen-bond donors (Lipinski definition) is 0. The van der Waals surface area contributed by atoms with Crippen molar-refractivity contribution in [2.75, 3.05) is 20.9 Å². The maximum atomic E-state index is 6.25. The molecule has 0 fully saturated rings. The van der Waals surface area contributed by atoms with Gasteiger partial charge in [0.25, 0.3) is 0 Å². The monoisotopic (exact) mass is 363 g/mol. The normalized spacial score (nSPS) is 13.2. The van der Waals surface area contributed by atoms with Gasteiger partial charge < -0.3 is 14.4 Å². The predicted octanol–water partition coefficient (Wildman–Crippen LogP) is 4.69. The van der Waals surface area contributed by atoms with Crippen LogP contribution in [0.2, 0.25) is 10.0 Å². The summed E-state index contributed by atoms with van der Waals surface area (Å²) in [4.78, 5) is 10.5. The zero-order chi connectivity index (χ0) is 17.1. The third-order valence-corrected chi connectivity index (χ3v) is 3.75. The van der Waals surface area contributed by atoms with Crippen molar-refractivity contribution in [2.45, 2.75) is 0 Å². The second kappa shape index (κ2) is 7.11. The van der Waals surface area contributed by atoms with Gasteiger partial charge in [0.15, 0.2) is 11.5 Å². The number of halogens is 2. The molecule has 1 heterocycles. The van der Waals surface area contributed by atoms with Gasteiger partial charge in [-0.05, 0) is 35.9 Å². The summed E-state index contributed by atoms with van der Waals surface area (Å²) in [7, 11) is 3.74. The van der Waals surface area contributed by atoms with E-state index in [-0.39, 0.29) is 6.79 Å². The number of hydrogen-bond acceptors (Lipinski definition) is 4. The molecule has 5 nitrogen and oxygen atoms in total. The fraction of sp³-hybridized carbons (Fsp3) is 0.176. The van der Waals surface area contributed by atoms with Crippen molar-refractivity contribution in [1.82, 2.24) is 4.90 Å². The summed E-state index contributed by atoms with van der Waals surface area (Å²) in [6.45, 7) is 0.246. The Morgan fingerprint density at radius 3 is 2.42 bits per heavy atom. The van der Waals surface area contributed by atoms with Gasteiger partial charge in [-0.2, -0.15) is 0 Å². The van der Waals surface area contributed by atoms with Crippen LogP contribution in [0.4, 0.5) is 11.4 Å². The van der Waals surface area contributed by atoms with Crippen LogP contribution in [0, 0.1) is 0 Å². The first-order valence-corrected chi connectivity index (χ1v) is 7.92. The summed E-state index contributed by atoms with van der Waals surface area (Å²) in [5.74, 6) is 1.45. The molecule has 0 radical (unpaired) electrons. The van der Waals surface area contributed by atoms with E-state index in [9.17, 15) is 0 Å². The lowest BCUT2D eigenvalue weighted by molar-refractivity contribution is 0.174. The van der Waals surface area contributed by atoms with Gasteiger partial charge in [0.2, 0.25) is 6.79 Å². The van der Waals surface area contributed by atoms with E-state index in [1.165, 1.54) is 0 Å². The molecule has 0 aliphatic carbocycles. The molecule has 0 bridgehead atoms. The van der Waals surface area contributed by atoms with Crippen LogP contribution in [0.5, 0.6) is 11.5 Å². The molecule has 124 valence electrons. The number of ether oxygens (including phenoxy) is 2. The summed E-state index contributed by atoms with van der Waals surface area (Å²) in [5.41, 5.74) is 2.06. The summed E-state index contributed by atoms with van der Waals surface area (Å²) >= 11 is 12.5. The Hall–Kier alpha value is -2.24. The molecular weight excluding hydrogens is 349 g/mol. The molecule has 0 amide bonds. The predicted molar refractivity (Wildman–Crippen MR) is 98.1 cm³/mol. The van der Waals surface area contributed by atoms with Crippen LogP contribution in [0.3, 0.4) is 0 Å². The second-order valence-electron chi connectivity index (χ2n) is 5.34. The third-order valence-electron chi connectivity index (χ3n) is 3.18. The number of benzene rings is 2. The molecule has 1 aliphatic rings. The quantitative estimate of drug-likeness (QED) is 0.584. The molecule has 3 rings (SSSR count). The maximum absolute atomic E-state index is 6.25. The Morgan fingerprint density at radius 1 is 1.00 bits per heavy atom. The topological polar surface area (TPSA) is 46.4 Å². The average Bonchev–Trinajstić information content (AvgIpc) is 2.99. The van der Waals surface area contributed by atoms with E-state index in [1.54, 1.807) is 29.6 Å². The highest BCUT2D eigenvalue weighted by atomic mass is 35.5. The summed E-state index contributed by atoms with van der Waals surface area (Å²) in [5, 5.41) is 0.886. The number of fused-ring (bicyclic) bond motifs is 1. The van der Waals surface area contributed by atoms with Gasteiger partial charge in [-0.3, -0.25) is 4.99 Å². The highest BCUT2D eigenvalue weighted by Crippen LogP contribution is 2.37. The van der Waals surface area contributed by atoms with Crippen molar-refractivity contribution in [3.63, 3.8) is 0 Å². The fourth-order valence-electron chi connectivity index (χ4n) is 2.07. The van der Waals surface area contributed by atoms with Crippen LogP contribution in [0.15, 0.2) is 40.3 Å². The molecule has 0 spiro atoms. The van der Waals surface area contributed by atoms with Gasteiger partial charge >= 0.3 is 0 Å². The third kappa shape index (κ3) is 3.80. The zero-order valence-corrected chi connectivity index (χ0v) is 14.7. The van der Waals surface area contributed by atoms with Crippen molar-refractivity contribution in [2.24, 2.45) is 9.98 Å². The lowest BCUT2D eigenvalue weighted by Gasteiger charge is -2.06. The van der Waals surface area contributed by atoms with Gasteiger partial charge in [-0.15, -0.1) is 0 Å². The number of nitrogens with zero attached hydrogens (tertiary/aromatic N) is 3. The minimum Gasteiger partial charge on any atom is -0.454 e. The SMILES string of the molecule is CN(C)/C=N\c1c(Cl)cc(/N=C/c2ccc3c(c2)OCO3)cc1Cl. The molecule has 0 aromatic heterocycles. The Kier molecular flexibility index (Phi) is 4.92. The molecule has 0 atom stereocenters.